The van der Waals surface area contributed by atoms with Crippen molar-refractivity contribution in [2.45, 2.75) is 25.2 Å². The van der Waals surface area contributed by atoms with Gasteiger partial charge >= 0.3 is 0 Å². The van der Waals surface area contributed by atoms with Crippen molar-refractivity contribution < 1.29 is 14.3 Å². The van der Waals surface area contributed by atoms with E-state index in [1.54, 1.807) is 6.20 Å². The van der Waals surface area contributed by atoms with Gasteiger partial charge in [-0.2, -0.15) is 0 Å². The van der Waals surface area contributed by atoms with E-state index in [1.807, 2.05) is 41.3 Å². The molecule has 2 saturated heterocycles. The molecule has 6 nitrogen and oxygen atoms in total. The van der Waals surface area contributed by atoms with E-state index < -0.39 is 5.79 Å². The number of hydrogen-bond acceptors (Lipinski definition) is 5. The normalized spacial score (nSPS) is 18.6. The van der Waals surface area contributed by atoms with E-state index in [2.05, 4.69) is 10.3 Å². The van der Waals surface area contributed by atoms with E-state index in [1.165, 1.54) is 0 Å². The summed E-state index contributed by atoms with van der Waals surface area (Å²) >= 11 is 5.89. The SMILES string of the molecule is O=C(c1ccc(NCc2ccc(Cl)cc2)nc1)N1CCC2(CC1)OCCO2. The smallest absolute Gasteiger partial charge is 0.255 e. The van der Waals surface area contributed by atoms with Crippen molar-refractivity contribution in [1.82, 2.24) is 9.88 Å². The Kier molecular flexibility index (Phi) is 5.29. The van der Waals surface area contributed by atoms with Gasteiger partial charge in [-0.25, -0.2) is 4.98 Å². The van der Waals surface area contributed by atoms with Gasteiger partial charge in [-0.1, -0.05) is 23.7 Å². The number of ether oxygens (including phenoxy) is 2. The van der Waals surface area contributed by atoms with E-state index in [0.717, 1.165) is 16.4 Å². The summed E-state index contributed by atoms with van der Waals surface area (Å²) in [6.07, 6.45) is 3.05. The van der Waals surface area contributed by atoms with Crippen LogP contribution in [0.1, 0.15) is 28.8 Å². The third-order valence-corrected chi connectivity index (χ3v) is 5.28. The van der Waals surface area contributed by atoms with Crippen LogP contribution in [0.2, 0.25) is 5.02 Å². The predicted molar refractivity (Wildman–Crippen MR) is 103 cm³/mol. The van der Waals surface area contributed by atoms with E-state index in [4.69, 9.17) is 21.1 Å². The van der Waals surface area contributed by atoms with Gasteiger partial charge in [0.1, 0.15) is 5.82 Å². The van der Waals surface area contributed by atoms with Gasteiger partial charge in [0.05, 0.1) is 18.8 Å². The maximum absolute atomic E-state index is 12.7. The standard InChI is InChI=1S/C20H22ClN3O3/c21-17-4-1-15(2-5-17)13-22-18-6-3-16(14-23-18)19(25)24-9-7-20(8-10-24)26-11-12-27-20/h1-6,14H,7-13H2,(H,22,23). The molecule has 1 N–H and O–H groups in total. The lowest BCUT2D eigenvalue weighted by Crippen LogP contribution is -2.47. The molecule has 1 aromatic carbocycles. The maximum atomic E-state index is 12.7. The Hall–Kier alpha value is -2.15. The quantitative estimate of drug-likeness (QED) is 0.871. The second kappa shape index (κ2) is 7.84. The summed E-state index contributed by atoms with van der Waals surface area (Å²) in [6.45, 7) is 3.20. The number of nitrogens with one attached hydrogen (secondary N) is 1. The largest absolute Gasteiger partial charge is 0.366 e. The zero-order chi connectivity index (χ0) is 18.7. The first-order chi connectivity index (χ1) is 13.1. The summed E-state index contributed by atoms with van der Waals surface area (Å²) in [6, 6.07) is 11.3. The number of pyridine rings is 1. The molecule has 2 fully saturated rings. The Labute approximate surface area is 163 Å². The molecule has 1 amide bonds. The number of carbonyl (C=O) groups is 1. The number of carbonyl (C=O) groups excluding carboxylic acids is 1. The molecule has 2 aromatic rings. The fourth-order valence-corrected chi connectivity index (χ4v) is 3.56. The fraction of sp³-hybridized carbons (Fsp3) is 0.400. The van der Waals surface area contributed by atoms with Crippen LogP contribution in [0.3, 0.4) is 0 Å². The Morgan fingerprint density at radius 3 is 2.44 bits per heavy atom. The highest BCUT2D eigenvalue weighted by Crippen LogP contribution is 2.31. The van der Waals surface area contributed by atoms with Gasteiger partial charge in [0.25, 0.3) is 5.91 Å². The first-order valence-electron chi connectivity index (χ1n) is 9.15. The minimum atomic E-state index is -0.468. The molecule has 0 bridgehead atoms. The molecule has 2 aliphatic heterocycles. The summed E-state index contributed by atoms with van der Waals surface area (Å²) < 4.78 is 11.4. The molecule has 0 atom stereocenters. The van der Waals surface area contributed by atoms with Crippen LogP contribution < -0.4 is 5.32 Å². The van der Waals surface area contributed by atoms with Gasteiger partial charge in [-0.3, -0.25) is 4.79 Å². The molecule has 0 unspecified atom stereocenters. The lowest BCUT2D eigenvalue weighted by atomic mass is 10.0. The van der Waals surface area contributed by atoms with E-state index in [0.29, 0.717) is 51.3 Å². The van der Waals surface area contributed by atoms with Crippen molar-refractivity contribution in [3.8, 4) is 0 Å². The third-order valence-electron chi connectivity index (χ3n) is 5.02. The third kappa shape index (κ3) is 4.24. The summed E-state index contributed by atoms with van der Waals surface area (Å²) in [5, 5.41) is 3.96. The Balaban J connectivity index is 1.31. The molecule has 0 aliphatic carbocycles. The fourth-order valence-electron chi connectivity index (χ4n) is 3.44. The van der Waals surface area contributed by atoms with E-state index >= 15 is 0 Å². The van der Waals surface area contributed by atoms with Crippen LogP contribution in [-0.4, -0.2) is 47.9 Å². The molecule has 7 heteroatoms. The molecule has 0 radical (unpaired) electrons. The van der Waals surface area contributed by atoms with Crippen molar-refractivity contribution in [3.05, 3.63) is 58.7 Å². The van der Waals surface area contributed by atoms with Crippen molar-refractivity contribution >= 4 is 23.3 Å². The molecule has 27 heavy (non-hydrogen) atoms. The summed E-state index contributed by atoms with van der Waals surface area (Å²) in [4.78, 5) is 18.9. The van der Waals surface area contributed by atoms with Crippen LogP contribution in [0.5, 0.6) is 0 Å². The number of piperidine rings is 1. The Morgan fingerprint density at radius 2 is 1.81 bits per heavy atom. The minimum Gasteiger partial charge on any atom is -0.366 e. The van der Waals surface area contributed by atoms with Gasteiger partial charge in [0.2, 0.25) is 0 Å². The summed E-state index contributed by atoms with van der Waals surface area (Å²) in [5.41, 5.74) is 1.70. The van der Waals surface area contributed by atoms with Crippen LogP contribution in [0.25, 0.3) is 0 Å². The monoisotopic (exact) mass is 387 g/mol. The first kappa shape index (κ1) is 18.2. The number of likely N-dealkylation sites (tertiary alicyclic amines) is 1. The van der Waals surface area contributed by atoms with Gasteiger partial charge < -0.3 is 19.7 Å². The zero-order valence-electron chi connectivity index (χ0n) is 15.0. The number of hydrogen-bond donors (Lipinski definition) is 1. The first-order valence-corrected chi connectivity index (χ1v) is 9.53. The average molecular weight is 388 g/mol. The molecule has 4 rings (SSSR count). The van der Waals surface area contributed by atoms with Crippen molar-refractivity contribution in [1.29, 1.82) is 0 Å². The maximum Gasteiger partial charge on any atom is 0.255 e. The topological polar surface area (TPSA) is 63.7 Å². The van der Waals surface area contributed by atoms with Gasteiger partial charge in [0.15, 0.2) is 5.79 Å². The lowest BCUT2D eigenvalue weighted by molar-refractivity contribution is -0.181. The molecular weight excluding hydrogens is 366 g/mol. The zero-order valence-corrected chi connectivity index (χ0v) is 15.7. The highest BCUT2D eigenvalue weighted by Gasteiger charge is 2.40. The van der Waals surface area contributed by atoms with Crippen LogP contribution >= 0.6 is 11.6 Å². The van der Waals surface area contributed by atoms with Gasteiger partial charge in [0, 0.05) is 43.7 Å². The summed E-state index contributed by atoms with van der Waals surface area (Å²) in [7, 11) is 0. The summed E-state index contributed by atoms with van der Waals surface area (Å²) in [5.74, 6) is 0.260. The lowest BCUT2D eigenvalue weighted by Gasteiger charge is -2.37. The molecule has 3 heterocycles. The Bertz CT molecular complexity index is 779. The number of halogens is 1. The molecular formula is C20H22ClN3O3. The average Bonchev–Trinajstić information content (AvgIpc) is 3.16. The van der Waals surface area contributed by atoms with Gasteiger partial charge in [-0.05, 0) is 29.8 Å². The van der Waals surface area contributed by atoms with Crippen LogP contribution in [-0.2, 0) is 16.0 Å². The van der Waals surface area contributed by atoms with Crippen LogP contribution in [0.4, 0.5) is 5.82 Å². The molecule has 2 aliphatic rings. The van der Waals surface area contributed by atoms with Crippen LogP contribution in [0.15, 0.2) is 42.6 Å². The highest BCUT2D eigenvalue weighted by molar-refractivity contribution is 6.30. The minimum absolute atomic E-state index is 0.000372. The molecule has 1 aromatic heterocycles. The number of anilines is 1. The number of aromatic nitrogens is 1. The number of amides is 1. The highest BCUT2D eigenvalue weighted by atomic mass is 35.5. The Morgan fingerprint density at radius 1 is 1.11 bits per heavy atom. The molecule has 1 spiro atoms. The number of nitrogens with zero attached hydrogens (tertiary/aromatic N) is 2. The van der Waals surface area contributed by atoms with Gasteiger partial charge in [-0.15, -0.1) is 0 Å². The second-order valence-electron chi connectivity index (χ2n) is 6.81. The van der Waals surface area contributed by atoms with E-state index in [9.17, 15) is 4.79 Å². The predicted octanol–water partition coefficient (Wildman–Crippen LogP) is 3.33. The molecule has 142 valence electrons. The molecule has 0 saturated carbocycles. The van der Waals surface area contributed by atoms with E-state index in [-0.39, 0.29) is 5.91 Å². The number of benzene rings is 1. The van der Waals surface area contributed by atoms with Crippen molar-refractivity contribution in [3.63, 3.8) is 0 Å². The van der Waals surface area contributed by atoms with Crippen molar-refractivity contribution in [2.75, 3.05) is 31.6 Å². The van der Waals surface area contributed by atoms with Crippen LogP contribution in [0, 0.1) is 0 Å². The second-order valence-corrected chi connectivity index (χ2v) is 7.25. The van der Waals surface area contributed by atoms with Crippen molar-refractivity contribution in [2.24, 2.45) is 0 Å². The number of rotatable bonds is 4.